The molecule has 0 saturated heterocycles. The number of aliphatic hydroxyl groups excluding tert-OH is 2. The minimum Gasteiger partial charge on any atom is -0.466 e. The summed E-state index contributed by atoms with van der Waals surface area (Å²) in [6.45, 7) is 8.21. The molecule has 0 fully saturated rings. The van der Waals surface area contributed by atoms with Crippen molar-refractivity contribution in [2.75, 3.05) is 39.6 Å². The number of ether oxygens (including phenoxy) is 3. The molecule has 7 heteroatoms. The lowest BCUT2D eigenvalue weighted by molar-refractivity contribution is -0.142. The first-order valence-electron chi connectivity index (χ1n) is 6.02. The van der Waals surface area contributed by atoms with E-state index in [-0.39, 0.29) is 25.2 Å². The molecular weight excluding hydrogens is 256 g/mol. The van der Waals surface area contributed by atoms with E-state index in [1.54, 1.807) is 6.92 Å². The van der Waals surface area contributed by atoms with Crippen LogP contribution in [0.25, 0.3) is 0 Å². The van der Waals surface area contributed by atoms with Crippen molar-refractivity contribution in [2.45, 2.75) is 27.7 Å². The van der Waals surface area contributed by atoms with E-state index < -0.39 is 0 Å². The van der Waals surface area contributed by atoms with Gasteiger partial charge < -0.3 is 24.4 Å². The van der Waals surface area contributed by atoms with Gasteiger partial charge in [-0.1, -0.05) is 0 Å². The van der Waals surface area contributed by atoms with E-state index >= 15 is 0 Å². The molecular formula is C12H26O7. The molecule has 0 radical (unpaired) electrons. The van der Waals surface area contributed by atoms with Gasteiger partial charge in [-0.15, -0.1) is 0 Å². The van der Waals surface area contributed by atoms with Crippen molar-refractivity contribution in [1.82, 2.24) is 0 Å². The molecule has 0 aromatic rings. The fourth-order valence-electron chi connectivity index (χ4n) is 0.592. The molecule has 0 aromatic carbocycles. The SMILES string of the molecule is CCOC(C)=O.CCOCCOC(C)=O.OCCO. The van der Waals surface area contributed by atoms with Crippen molar-refractivity contribution in [2.24, 2.45) is 0 Å². The van der Waals surface area contributed by atoms with E-state index in [9.17, 15) is 9.59 Å². The first kappa shape index (κ1) is 23.0. The highest BCUT2D eigenvalue weighted by Gasteiger charge is 1.89. The van der Waals surface area contributed by atoms with Gasteiger partial charge in [-0.2, -0.15) is 0 Å². The van der Waals surface area contributed by atoms with Gasteiger partial charge >= 0.3 is 11.9 Å². The van der Waals surface area contributed by atoms with Gasteiger partial charge in [0.15, 0.2) is 0 Å². The second-order valence-corrected chi connectivity index (χ2v) is 2.91. The number of hydrogen-bond acceptors (Lipinski definition) is 7. The maximum Gasteiger partial charge on any atom is 0.302 e. The van der Waals surface area contributed by atoms with Crippen LogP contribution in [0.3, 0.4) is 0 Å². The topological polar surface area (TPSA) is 102 Å². The third-order valence-corrected chi connectivity index (χ3v) is 1.18. The Hall–Kier alpha value is -1.18. The average molecular weight is 282 g/mol. The van der Waals surface area contributed by atoms with Crippen molar-refractivity contribution < 1.29 is 34.0 Å². The van der Waals surface area contributed by atoms with Gasteiger partial charge in [0.25, 0.3) is 0 Å². The Labute approximate surface area is 114 Å². The summed E-state index contributed by atoms with van der Waals surface area (Å²) in [5.74, 6) is -0.466. The molecule has 0 amide bonds. The normalized spacial score (nSPS) is 8.32. The largest absolute Gasteiger partial charge is 0.466 e. The Balaban J connectivity index is -0.000000222. The highest BCUT2D eigenvalue weighted by molar-refractivity contribution is 5.66. The quantitative estimate of drug-likeness (QED) is 0.527. The minimum absolute atomic E-state index is 0.125. The second-order valence-electron chi connectivity index (χ2n) is 2.91. The van der Waals surface area contributed by atoms with Crippen LogP contribution in [0.15, 0.2) is 0 Å². The highest BCUT2D eigenvalue weighted by atomic mass is 16.6. The molecule has 0 aliphatic rings. The predicted octanol–water partition coefficient (Wildman–Crippen LogP) is 0.126. The van der Waals surface area contributed by atoms with E-state index in [0.29, 0.717) is 26.4 Å². The molecule has 0 saturated carbocycles. The Bertz CT molecular complexity index is 193. The first-order valence-corrected chi connectivity index (χ1v) is 6.02. The van der Waals surface area contributed by atoms with Gasteiger partial charge in [0.1, 0.15) is 6.61 Å². The van der Waals surface area contributed by atoms with Gasteiger partial charge in [0.2, 0.25) is 0 Å². The van der Waals surface area contributed by atoms with E-state index in [2.05, 4.69) is 9.47 Å². The lowest BCUT2D eigenvalue weighted by Crippen LogP contribution is -2.06. The van der Waals surface area contributed by atoms with Crippen LogP contribution in [0.4, 0.5) is 0 Å². The zero-order valence-corrected chi connectivity index (χ0v) is 12.2. The van der Waals surface area contributed by atoms with E-state index in [1.807, 2.05) is 6.92 Å². The molecule has 0 unspecified atom stereocenters. The number of hydrogen-bond donors (Lipinski definition) is 2. The van der Waals surface area contributed by atoms with Gasteiger partial charge in [-0.25, -0.2) is 0 Å². The molecule has 0 aromatic heterocycles. The van der Waals surface area contributed by atoms with Crippen LogP contribution in [0.2, 0.25) is 0 Å². The number of carbonyl (C=O) groups excluding carboxylic acids is 2. The highest BCUT2D eigenvalue weighted by Crippen LogP contribution is 1.77. The molecule has 0 spiro atoms. The van der Waals surface area contributed by atoms with Gasteiger partial charge in [0.05, 0.1) is 26.4 Å². The molecule has 116 valence electrons. The first-order chi connectivity index (χ1) is 8.95. The fourth-order valence-corrected chi connectivity index (χ4v) is 0.592. The summed E-state index contributed by atoms with van der Waals surface area (Å²) in [4.78, 5) is 20.0. The Kier molecular flexibility index (Phi) is 26.6. The van der Waals surface area contributed by atoms with Crippen LogP contribution in [0.5, 0.6) is 0 Å². The molecule has 0 atom stereocenters. The molecule has 7 nitrogen and oxygen atoms in total. The molecule has 0 bridgehead atoms. The summed E-state index contributed by atoms with van der Waals surface area (Å²) in [6, 6.07) is 0. The van der Waals surface area contributed by atoms with Crippen molar-refractivity contribution in [3.8, 4) is 0 Å². The van der Waals surface area contributed by atoms with Crippen LogP contribution < -0.4 is 0 Å². The minimum atomic E-state index is -0.255. The molecule has 19 heavy (non-hydrogen) atoms. The molecule has 0 aliphatic carbocycles. The van der Waals surface area contributed by atoms with E-state index in [4.69, 9.17) is 14.9 Å². The summed E-state index contributed by atoms with van der Waals surface area (Å²) in [7, 11) is 0. The van der Waals surface area contributed by atoms with Crippen LogP contribution in [-0.4, -0.2) is 61.8 Å². The molecule has 0 aliphatic heterocycles. The van der Waals surface area contributed by atoms with Gasteiger partial charge in [0, 0.05) is 20.5 Å². The van der Waals surface area contributed by atoms with Crippen LogP contribution in [0, 0.1) is 0 Å². The molecule has 0 heterocycles. The summed E-state index contributed by atoms with van der Waals surface area (Å²) < 4.78 is 13.9. The second kappa shape index (κ2) is 22.0. The maximum atomic E-state index is 10.1. The number of esters is 2. The van der Waals surface area contributed by atoms with E-state index in [0.717, 1.165) is 0 Å². The van der Waals surface area contributed by atoms with Crippen molar-refractivity contribution >= 4 is 11.9 Å². The zero-order chi connectivity index (χ0) is 15.5. The van der Waals surface area contributed by atoms with Crippen molar-refractivity contribution in [3.05, 3.63) is 0 Å². The smallest absolute Gasteiger partial charge is 0.302 e. The standard InChI is InChI=1S/C6H12O3.C4H8O2.C2H6O2/c1-3-8-4-5-9-6(2)7;1-3-6-4(2)5;3-1-2-4/h3-5H2,1-2H3;3H2,1-2H3;3-4H,1-2H2. The monoisotopic (exact) mass is 282 g/mol. The molecule has 0 rings (SSSR count). The van der Waals surface area contributed by atoms with Crippen LogP contribution in [0.1, 0.15) is 27.7 Å². The Morgan fingerprint density at radius 1 is 0.842 bits per heavy atom. The fraction of sp³-hybridized carbons (Fsp3) is 0.833. The number of rotatable bonds is 6. The Morgan fingerprint density at radius 3 is 1.53 bits per heavy atom. The third-order valence-electron chi connectivity index (χ3n) is 1.18. The lowest BCUT2D eigenvalue weighted by atomic mass is 10.7. The van der Waals surface area contributed by atoms with Gasteiger partial charge in [-0.05, 0) is 13.8 Å². The van der Waals surface area contributed by atoms with Crippen LogP contribution in [-0.2, 0) is 23.8 Å². The average Bonchev–Trinajstić information content (AvgIpc) is 2.35. The lowest BCUT2D eigenvalue weighted by Gasteiger charge is -1.99. The maximum absolute atomic E-state index is 10.1. The number of carbonyl (C=O) groups is 2. The van der Waals surface area contributed by atoms with Crippen LogP contribution >= 0.6 is 0 Å². The Morgan fingerprint density at radius 2 is 1.32 bits per heavy atom. The number of aliphatic hydroxyl groups is 2. The van der Waals surface area contributed by atoms with Crippen molar-refractivity contribution in [3.63, 3.8) is 0 Å². The summed E-state index contributed by atoms with van der Waals surface area (Å²) in [5.41, 5.74) is 0. The summed E-state index contributed by atoms with van der Waals surface area (Å²) in [5, 5.41) is 15.2. The van der Waals surface area contributed by atoms with Gasteiger partial charge in [-0.3, -0.25) is 9.59 Å². The summed E-state index contributed by atoms with van der Waals surface area (Å²) >= 11 is 0. The summed E-state index contributed by atoms with van der Waals surface area (Å²) in [6.07, 6.45) is 0. The third kappa shape index (κ3) is 47.5. The predicted molar refractivity (Wildman–Crippen MR) is 69.6 cm³/mol. The molecule has 2 N–H and O–H groups in total. The zero-order valence-electron chi connectivity index (χ0n) is 12.2. The van der Waals surface area contributed by atoms with E-state index in [1.165, 1.54) is 13.8 Å². The van der Waals surface area contributed by atoms with Crippen molar-refractivity contribution in [1.29, 1.82) is 0 Å².